The van der Waals surface area contributed by atoms with Crippen LogP contribution in [0.1, 0.15) is 22.3 Å². The van der Waals surface area contributed by atoms with Gasteiger partial charge in [-0.25, -0.2) is 0 Å². The van der Waals surface area contributed by atoms with Gasteiger partial charge in [0.25, 0.3) is 0 Å². The van der Waals surface area contributed by atoms with E-state index in [0.29, 0.717) is 6.61 Å². The van der Waals surface area contributed by atoms with Crippen LogP contribution in [-0.4, -0.2) is 70.9 Å². The zero-order valence-corrected chi connectivity index (χ0v) is 27.8. The molecule has 3 unspecified atom stereocenters. The van der Waals surface area contributed by atoms with Crippen LogP contribution in [0.15, 0.2) is 97.1 Å². The minimum absolute atomic E-state index is 0.143. The van der Waals surface area contributed by atoms with Gasteiger partial charge < -0.3 is 47.7 Å². The van der Waals surface area contributed by atoms with Crippen LogP contribution < -0.4 is 18.9 Å². The van der Waals surface area contributed by atoms with Crippen LogP contribution in [0.2, 0.25) is 0 Å². The fourth-order valence-corrected chi connectivity index (χ4v) is 5.36. The number of aliphatic hydroxyl groups excluding tert-OH is 1. The summed E-state index contributed by atoms with van der Waals surface area (Å²) in [5.74, 6) is 3.00. The maximum Gasteiger partial charge on any atom is 0.184 e. The van der Waals surface area contributed by atoms with Gasteiger partial charge in [0.1, 0.15) is 47.4 Å². The number of hydrogen-bond acceptors (Lipinski definition) is 10. The summed E-state index contributed by atoms with van der Waals surface area (Å²) in [6.45, 7) is 1.19. The monoisotopic (exact) mass is 660 g/mol. The largest absolute Gasteiger partial charge is 0.497 e. The van der Waals surface area contributed by atoms with Gasteiger partial charge in [0.05, 0.1) is 61.5 Å². The molecule has 10 heteroatoms. The highest BCUT2D eigenvalue weighted by Gasteiger charge is 2.48. The van der Waals surface area contributed by atoms with Crippen molar-refractivity contribution in [1.29, 1.82) is 0 Å². The Morgan fingerprint density at radius 3 is 1.17 bits per heavy atom. The molecule has 0 bridgehead atoms. The quantitative estimate of drug-likeness (QED) is 0.152. The van der Waals surface area contributed by atoms with Gasteiger partial charge in [-0.2, -0.15) is 0 Å². The molecule has 0 aromatic heterocycles. The van der Waals surface area contributed by atoms with Crippen molar-refractivity contribution in [3.8, 4) is 23.0 Å². The van der Waals surface area contributed by atoms with E-state index in [1.165, 1.54) is 0 Å². The zero-order valence-electron chi connectivity index (χ0n) is 27.8. The van der Waals surface area contributed by atoms with E-state index in [1.54, 1.807) is 28.4 Å². The first-order chi connectivity index (χ1) is 23.5. The third kappa shape index (κ3) is 9.70. The molecule has 0 amide bonds. The Labute approximate surface area is 282 Å². The van der Waals surface area contributed by atoms with E-state index in [0.717, 1.165) is 45.3 Å². The number of methoxy groups -OCH3 is 4. The summed E-state index contributed by atoms with van der Waals surface area (Å²) < 4.78 is 53.0. The minimum Gasteiger partial charge on any atom is -0.497 e. The van der Waals surface area contributed by atoms with Crippen molar-refractivity contribution in [3.63, 3.8) is 0 Å². The van der Waals surface area contributed by atoms with E-state index < -0.39 is 30.7 Å². The molecular weight excluding hydrogens is 616 g/mol. The fraction of sp³-hybridized carbons (Fsp3) is 0.368. The number of hydrogen-bond donors (Lipinski definition) is 1. The molecule has 0 spiro atoms. The Morgan fingerprint density at radius 1 is 0.458 bits per heavy atom. The molecule has 0 saturated carbocycles. The second-order valence-electron chi connectivity index (χ2n) is 11.3. The van der Waals surface area contributed by atoms with Crippen molar-refractivity contribution in [2.75, 3.05) is 35.0 Å². The number of rotatable bonds is 17. The predicted octanol–water partition coefficient (Wildman–Crippen LogP) is 5.71. The van der Waals surface area contributed by atoms with Crippen molar-refractivity contribution in [2.45, 2.75) is 57.1 Å². The molecule has 1 aliphatic rings. The van der Waals surface area contributed by atoms with Crippen LogP contribution in [-0.2, 0) is 50.1 Å². The molecule has 48 heavy (non-hydrogen) atoms. The highest BCUT2D eigenvalue weighted by atomic mass is 16.7. The molecule has 4 aromatic carbocycles. The first-order valence-electron chi connectivity index (χ1n) is 15.8. The Kier molecular flexibility index (Phi) is 13.1. The summed E-state index contributed by atoms with van der Waals surface area (Å²) in [5, 5.41) is 11.4. The van der Waals surface area contributed by atoms with Crippen LogP contribution in [0.4, 0.5) is 0 Å². The Hall–Kier alpha value is -4.16. The second-order valence-corrected chi connectivity index (χ2v) is 11.3. The third-order valence-corrected chi connectivity index (χ3v) is 8.12. The minimum atomic E-state index is -1.31. The van der Waals surface area contributed by atoms with E-state index in [-0.39, 0.29) is 26.4 Å². The highest BCUT2D eigenvalue weighted by molar-refractivity contribution is 5.29. The van der Waals surface area contributed by atoms with Gasteiger partial charge in [-0.15, -0.1) is 0 Å². The highest BCUT2D eigenvalue weighted by Crippen LogP contribution is 2.31. The Morgan fingerprint density at radius 2 is 0.792 bits per heavy atom. The van der Waals surface area contributed by atoms with Gasteiger partial charge >= 0.3 is 0 Å². The predicted molar refractivity (Wildman–Crippen MR) is 178 cm³/mol. The standard InChI is InChI=1S/C38H44O10/c1-40-30-13-5-26(6-14-30)21-44-25-34-35(45-22-27-7-15-31(41-2)16-8-27)36(46-23-28-9-17-32(42-3)18-10-28)37(38(39)48-34)47-24-29-11-19-33(43-4)20-12-29/h5-20,34-39H,21-25H2,1-4H3/t34?,35-,36+,37?,38?/m1/s1. The first-order valence-corrected chi connectivity index (χ1v) is 15.8. The van der Waals surface area contributed by atoms with E-state index in [4.69, 9.17) is 42.6 Å². The molecule has 1 N–H and O–H groups in total. The van der Waals surface area contributed by atoms with E-state index in [1.807, 2.05) is 97.1 Å². The molecule has 0 aliphatic carbocycles. The van der Waals surface area contributed by atoms with E-state index >= 15 is 0 Å². The lowest BCUT2D eigenvalue weighted by Gasteiger charge is -2.44. The summed E-state index contributed by atoms with van der Waals surface area (Å²) in [7, 11) is 6.50. The summed E-state index contributed by atoms with van der Waals surface area (Å²) in [5.41, 5.74) is 3.73. The molecule has 1 aliphatic heterocycles. The lowest BCUT2D eigenvalue weighted by atomic mass is 9.98. The summed E-state index contributed by atoms with van der Waals surface area (Å²) in [6.07, 6.45) is -4.23. The maximum absolute atomic E-state index is 11.4. The zero-order chi connectivity index (χ0) is 33.7. The molecule has 10 nitrogen and oxygen atoms in total. The summed E-state index contributed by atoms with van der Waals surface area (Å²) >= 11 is 0. The van der Waals surface area contributed by atoms with Gasteiger partial charge in [0.2, 0.25) is 0 Å². The molecule has 1 saturated heterocycles. The average molecular weight is 661 g/mol. The normalized spacial score (nSPS) is 20.6. The van der Waals surface area contributed by atoms with Gasteiger partial charge in [0.15, 0.2) is 6.29 Å². The maximum atomic E-state index is 11.4. The van der Waals surface area contributed by atoms with Crippen molar-refractivity contribution < 1.29 is 47.7 Å². The average Bonchev–Trinajstić information content (AvgIpc) is 3.14. The van der Waals surface area contributed by atoms with E-state index in [9.17, 15) is 5.11 Å². The van der Waals surface area contributed by atoms with Crippen molar-refractivity contribution in [2.24, 2.45) is 0 Å². The number of aliphatic hydroxyl groups is 1. The van der Waals surface area contributed by atoms with Gasteiger partial charge in [-0.1, -0.05) is 48.5 Å². The lowest BCUT2D eigenvalue weighted by molar-refractivity contribution is -0.317. The van der Waals surface area contributed by atoms with Crippen molar-refractivity contribution in [1.82, 2.24) is 0 Å². The van der Waals surface area contributed by atoms with Gasteiger partial charge in [-0.3, -0.25) is 0 Å². The first kappa shape index (κ1) is 35.2. The van der Waals surface area contributed by atoms with Crippen LogP contribution in [0.25, 0.3) is 0 Å². The number of ether oxygens (including phenoxy) is 9. The van der Waals surface area contributed by atoms with Crippen LogP contribution in [0, 0.1) is 0 Å². The van der Waals surface area contributed by atoms with Crippen molar-refractivity contribution in [3.05, 3.63) is 119 Å². The van der Waals surface area contributed by atoms with Crippen molar-refractivity contribution >= 4 is 0 Å². The number of benzene rings is 4. The van der Waals surface area contributed by atoms with Gasteiger partial charge in [-0.05, 0) is 70.8 Å². The smallest absolute Gasteiger partial charge is 0.184 e. The molecule has 0 radical (unpaired) electrons. The molecule has 5 atom stereocenters. The van der Waals surface area contributed by atoms with Crippen LogP contribution in [0.5, 0.6) is 23.0 Å². The third-order valence-electron chi connectivity index (χ3n) is 8.12. The van der Waals surface area contributed by atoms with E-state index in [2.05, 4.69) is 0 Å². The molecule has 4 aromatic rings. The van der Waals surface area contributed by atoms with Crippen LogP contribution >= 0.6 is 0 Å². The Balaban J connectivity index is 1.37. The Bertz CT molecular complexity index is 1490. The lowest BCUT2D eigenvalue weighted by Crippen LogP contribution is -2.61. The van der Waals surface area contributed by atoms with Crippen LogP contribution in [0.3, 0.4) is 0 Å². The summed E-state index contributed by atoms with van der Waals surface area (Å²) in [4.78, 5) is 0. The SMILES string of the molecule is COc1ccc(COCC2OC(O)C(OCc3ccc(OC)cc3)[C@@H](OCc3ccc(OC)cc3)[C@@H]2OCc2ccc(OC)cc2)cc1. The summed E-state index contributed by atoms with van der Waals surface area (Å²) in [6, 6.07) is 30.5. The second kappa shape index (κ2) is 17.8. The van der Waals surface area contributed by atoms with Gasteiger partial charge in [0, 0.05) is 0 Å². The molecule has 1 fully saturated rings. The molecule has 5 rings (SSSR count). The molecular formula is C38H44O10. The molecule has 1 heterocycles. The molecule has 256 valence electrons. The fourth-order valence-electron chi connectivity index (χ4n) is 5.36. The topological polar surface area (TPSA) is 103 Å².